The molecule has 0 aliphatic heterocycles. The van der Waals surface area contributed by atoms with Crippen LogP contribution in [0.15, 0.2) is 0 Å². The Bertz CT molecular complexity index is 280. The Morgan fingerprint density at radius 1 is 1.19 bits per heavy atom. The third-order valence-electron chi connectivity index (χ3n) is 3.22. The number of hydrogen-bond donors (Lipinski definition) is 2. The Labute approximate surface area is 98.6 Å². The summed E-state index contributed by atoms with van der Waals surface area (Å²) < 4.78 is 22.5. The fourth-order valence-electron chi connectivity index (χ4n) is 1.63. The van der Waals surface area contributed by atoms with Crippen LogP contribution >= 0.6 is 0 Å². The largest absolute Gasteiger partial charge is 0.390 e. The van der Waals surface area contributed by atoms with E-state index in [4.69, 9.17) is 0 Å². The molecule has 0 rings (SSSR count). The highest BCUT2D eigenvalue weighted by Crippen LogP contribution is 2.22. The van der Waals surface area contributed by atoms with Crippen LogP contribution in [0.25, 0.3) is 0 Å². The van der Waals surface area contributed by atoms with E-state index in [1.165, 1.54) is 0 Å². The molecule has 0 amide bonds. The van der Waals surface area contributed by atoms with Gasteiger partial charge in [0.05, 0.1) is 17.5 Å². The lowest BCUT2D eigenvalue weighted by atomic mass is 9.88. The normalized spacial score (nSPS) is 15.1. The highest BCUT2D eigenvalue weighted by Gasteiger charge is 2.31. The van der Waals surface area contributed by atoms with E-state index in [-0.39, 0.29) is 11.5 Å². The molecule has 0 heterocycles. The first kappa shape index (κ1) is 15.9. The van der Waals surface area contributed by atoms with Gasteiger partial charge in [-0.1, -0.05) is 20.8 Å². The van der Waals surface area contributed by atoms with Gasteiger partial charge in [0.15, 0.2) is 0 Å². The third-order valence-corrected chi connectivity index (χ3v) is 5.01. The maximum atomic E-state index is 11.2. The number of rotatable bonds is 8. The van der Waals surface area contributed by atoms with Crippen molar-refractivity contribution in [2.75, 3.05) is 11.5 Å². The van der Waals surface area contributed by atoms with E-state index in [0.29, 0.717) is 25.7 Å². The molecule has 0 fully saturated rings. The van der Waals surface area contributed by atoms with Gasteiger partial charge in [-0.2, -0.15) is 0 Å². The molecule has 0 aromatic carbocycles. The summed E-state index contributed by atoms with van der Waals surface area (Å²) >= 11 is 0. The predicted molar refractivity (Wildman–Crippen MR) is 65.1 cm³/mol. The number of sulfone groups is 1. The molecular weight excluding hydrogens is 228 g/mol. The van der Waals surface area contributed by atoms with Gasteiger partial charge in [0.2, 0.25) is 0 Å². The first-order valence-corrected chi connectivity index (χ1v) is 7.74. The standard InChI is InChI=1S/C11H24O4S/c1-4-11(13,5-2)10(12)8-7-9-16(14,15)6-3/h10,12-13H,4-9H2,1-3H3. The molecule has 5 heteroatoms. The van der Waals surface area contributed by atoms with E-state index in [9.17, 15) is 18.6 Å². The Morgan fingerprint density at radius 3 is 2.06 bits per heavy atom. The van der Waals surface area contributed by atoms with Gasteiger partial charge in [-0.3, -0.25) is 0 Å². The topological polar surface area (TPSA) is 74.6 Å². The van der Waals surface area contributed by atoms with Crippen molar-refractivity contribution in [3.05, 3.63) is 0 Å². The molecule has 1 unspecified atom stereocenters. The van der Waals surface area contributed by atoms with Crippen molar-refractivity contribution in [3.8, 4) is 0 Å². The van der Waals surface area contributed by atoms with Crippen LogP contribution in [0, 0.1) is 0 Å². The van der Waals surface area contributed by atoms with Crippen LogP contribution in [-0.2, 0) is 9.84 Å². The van der Waals surface area contributed by atoms with Crippen LogP contribution in [0.4, 0.5) is 0 Å². The lowest BCUT2D eigenvalue weighted by Gasteiger charge is -2.30. The van der Waals surface area contributed by atoms with E-state index >= 15 is 0 Å². The molecule has 0 saturated carbocycles. The molecule has 0 bridgehead atoms. The summed E-state index contributed by atoms with van der Waals surface area (Å²) in [6.45, 7) is 5.24. The zero-order valence-corrected chi connectivity index (χ0v) is 11.3. The molecule has 2 N–H and O–H groups in total. The number of hydrogen-bond acceptors (Lipinski definition) is 4. The molecule has 4 nitrogen and oxygen atoms in total. The second-order valence-electron chi connectivity index (χ2n) is 4.21. The summed E-state index contributed by atoms with van der Waals surface area (Å²) in [5, 5.41) is 19.8. The Kier molecular flexibility index (Phi) is 6.51. The second-order valence-corrected chi connectivity index (χ2v) is 6.68. The van der Waals surface area contributed by atoms with Crippen LogP contribution in [0.3, 0.4) is 0 Å². The molecule has 0 aromatic heterocycles. The molecule has 98 valence electrons. The summed E-state index contributed by atoms with van der Waals surface area (Å²) in [4.78, 5) is 0. The summed E-state index contributed by atoms with van der Waals surface area (Å²) in [5.74, 6) is 0.221. The molecule has 0 aromatic rings. The maximum absolute atomic E-state index is 11.2. The van der Waals surface area contributed by atoms with Crippen LogP contribution < -0.4 is 0 Å². The van der Waals surface area contributed by atoms with Crippen LogP contribution in [0.5, 0.6) is 0 Å². The Balaban J connectivity index is 4.13. The molecule has 0 spiro atoms. The van der Waals surface area contributed by atoms with E-state index in [2.05, 4.69) is 0 Å². The van der Waals surface area contributed by atoms with Gasteiger partial charge in [-0.15, -0.1) is 0 Å². The summed E-state index contributed by atoms with van der Waals surface area (Å²) in [6, 6.07) is 0. The molecule has 1 atom stereocenters. The van der Waals surface area contributed by atoms with Crippen molar-refractivity contribution >= 4 is 9.84 Å². The minimum atomic E-state index is -2.97. The fraction of sp³-hybridized carbons (Fsp3) is 1.00. The number of aliphatic hydroxyl groups is 2. The zero-order chi connectivity index (χ0) is 12.8. The van der Waals surface area contributed by atoms with Crippen molar-refractivity contribution in [2.24, 2.45) is 0 Å². The van der Waals surface area contributed by atoms with E-state index in [1.807, 2.05) is 13.8 Å². The average Bonchev–Trinajstić information content (AvgIpc) is 2.27. The van der Waals surface area contributed by atoms with Crippen molar-refractivity contribution in [3.63, 3.8) is 0 Å². The lowest BCUT2D eigenvalue weighted by Crippen LogP contribution is -2.41. The van der Waals surface area contributed by atoms with E-state index in [0.717, 1.165) is 0 Å². The SMILES string of the molecule is CCC(O)(CC)C(O)CCCS(=O)(=O)CC. The first-order chi connectivity index (χ1) is 7.31. The summed E-state index contributed by atoms with van der Waals surface area (Å²) in [7, 11) is -2.97. The number of aliphatic hydroxyl groups excluding tert-OH is 1. The maximum Gasteiger partial charge on any atom is 0.150 e. The zero-order valence-electron chi connectivity index (χ0n) is 10.4. The van der Waals surface area contributed by atoms with Crippen LogP contribution in [0.2, 0.25) is 0 Å². The average molecular weight is 252 g/mol. The van der Waals surface area contributed by atoms with Gasteiger partial charge in [0.1, 0.15) is 9.84 Å². The summed E-state index contributed by atoms with van der Waals surface area (Å²) in [6.07, 6.45) is 0.850. The lowest BCUT2D eigenvalue weighted by molar-refractivity contribution is -0.0828. The van der Waals surface area contributed by atoms with E-state index < -0.39 is 21.5 Å². The van der Waals surface area contributed by atoms with Crippen molar-refractivity contribution in [1.29, 1.82) is 0 Å². The van der Waals surface area contributed by atoms with Crippen LogP contribution in [-0.4, -0.2) is 41.8 Å². The quantitative estimate of drug-likeness (QED) is 0.678. The van der Waals surface area contributed by atoms with Crippen molar-refractivity contribution < 1.29 is 18.6 Å². The molecule has 0 aliphatic carbocycles. The molecular formula is C11H24O4S. The van der Waals surface area contributed by atoms with Crippen LogP contribution in [0.1, 0.15) is 46.5 Å². The molecule has 0 radical (unpaired) electrons. The van der Waals surface area contributed by atoms with Gasteiger partial charge in [-0.25, -0.2) is 8.42 Å². The minimum absolute atomic E-state index is 0.0874. The minimum Gasteiger partial charge on any atom is -0.390 e. The van der Waals surface area contributed by atoms with Gasteiger partial charge < -0.3 is 10.2 Å². The highest BCUT2D eigenvalue weighted by molar-refractivity contribution is 7.91. The van der Waals surface area contributed by atoms with Gasteiger partial charge in [0, 0.05) is 5.75 Å². The highest BCUT2D eigenvalue weighted by atomic mass is 32.2. The summed E-state index contributed by atoms with van der Waals surface area (Å²) in [5.41, 5.74) is -1.07. The van der Waals surface area contributed by atoms with Gasteiger partial charge in [-0.05, 0) is 25.7 Å². The fourth-order valence-corrected chi connectivity index (χ4v) is 2.53. The molecule has 0 saturated heterocycles. The second kappa shape index (κ2) is 6.57. The van der Waals surface area contributed by atoms with Gasteiger partial charge in [0.25, 0.3) is 0 Å². The predicted octanol–water partition coefficient (Wildman–Crippen LogP) is 1.11. The van der Waals surface area contributed by atoms with E-state index in [1.54, 1.807) is 6.92 Å². The molecule has 16 heavy (non-hydrogen) atoms. The monoisotopic (exact) mass is 252 g/mol. The third kappa shape index (κ3) is 4.80. The Morgan fingerprint density at radius 2 is 1.69 bits per heavy atom. The molecule has 0 aliphatic rings. The van der Waals surface area contributed by atoms with Gasteiger partial charge >= 0.3 is 0 Å². The van der Waals surface area contributed by atoms with Crippen molar-refractivity contribution in [1.82, 2.24) is 0 Å². The Hall–Kier alpha value is -0.130. The first-order valence-electron chi connectivity index (χ1n) is 5.92. The smallest absolute Gasteiger partial charge is 0.150 e. The van der Waals surface area contributed by atoms with Crippen molar-refractivity contribution in [2.45, 2.75) is 58.2 Å².